The molecule has 36 heavy (non-hydrogen) atoms. The monoisotopic (exact) mass is 494 g/mol. The molecule has 1 aromatic carbocycles. The fraction of sp³-hybridized carbons (Fsp3) is 0.400. The fourth-order valence-electron chi connectivity index (χ4n) is 5.35. The van der Waals surface area contributed by atoms with Gasteiger partial charge in [-0.3, -0.25) is 19.0 Å². The lowest BCUT2D eigenvalue weighted by molar-refractivity contribution is -0.154. The van der Waals surface area contributed by atoms with Crippen molar-refractivity contribution in [3.8, 4) is 17.3 Å². The number of fused-ring (bicyclic) bond motifs is 4. The topological polar surface area (TPSA) is 124 Å². The molecule has 0 radical (unpaired) electrons. The van der Waals surface area contributed by atoms with Crippen LogP contribution in [-0.2, 0) is 28.1 Å². The maximum atomic E-state index is 13.3. The molecule has 11 heteroatoms. The summed E-state index contributed by atoms with van der Waals surface area (Å²) in [6, 6.07) is 6.08. The fourth-order valence-corrected chi connectivity index (χ4v) is 5.35. The zero-order valence-corrected chi connectivity index (χ0v) is 20.3. The second-order valence-corrected chi connectivity index (χ2v) is 9.81. The number of carbonyl (C=O) groups is 2. The third-order valence-corrected chi connectivity index (χ3v) is 7.29. The number of rotatable bonds is 4. The first-order valence-electron chi connectivity index (χ1n) is 11.7. The van der Waals surface area contributed by atoms with E-state index < -0.39 is 28.7 Å². The molecule has 3 heterocycles. The normalized spacial score (nSPS) is 20.2. The predicted octanol–water partition coefficient (Wildman–Crippen LogP) is 1.62. The van der Waals surface area contributed by atoms with E-state index in [1.54, 1.807) is 25.4 Å². The molecule has 0 spiro atoms. The van der Waals surface area contributed by atoms with Crippen LogP contribution >= 0.6 is 0 Å². The van der Waals surface area contributed by atoms with Gasteiger partial charge in [0.1, 0.15) is 17.2 Å². The number of imidazole rings is 1. The van der Waals surface area contributed by atoms with Crippen LogP contribution in [0.25, 0.3) is 11.5 Å². The number of amides is 2. The first kappa shape index (κ1) is 23.7. The molecule has 2 bridgehead atoms. The summed E-state index contributed by atoms with van der Waals surface area (Å²) in [5, 5.41) is 10.8. The van der Waals surface area contributed by atoms with Crippen LogP contribution in [0.2, 0.25) is 0 Å². The number of aromatic nitrogens is 4. The average molecular weight is 495 g/mol. The zero-order chi connectivity index (χ0) is 25.8. The van der Waals surface area contributed by atoms with Crippen molar-refractivity contribution in [2.45, 2.75) is 37.8 Å². The van der Waals surface area contributed by atoms with E-state index in [2.05, 4.69) is 15.0 Å². The molecule has 2 N–H and O–H groups in total. The number of carbonyl (C=O) groups excluding carboxylic acids is 2. The van der Waals surface area contributed by atoms with E-state index >= 15 is 0 Å². The summed E-state index contributed by atoms with van der Waals surface area (Å²) in [4.78, 5) is 53.4. The van der Waals surface area contributed by atoms with Crippen LogP contribution in [0.4, 0.5) is 4.39 Å². The number of likely N-dealkylation sites (N-methyl/N-ethyl adjacent to an activating group) is 2. The van der Waals surface area contributed by atoms with Gasteiger partial charge in [0.15, 0.2) is 11.5 Å². The molecule has 3 aromatic rings. The van der Waals surface area contributed by atoms with Crippen molar-refractivity contribution >= 4 is 11.8 Å². The van der Waals surface area contributed by atoms with E-state index in [0.717, 1.165) is 12.0 Å². The largest absolute Gasteiger partial charge is 0.501 e. The van der Waals surface area contributed by atoms with Crippen LogP contribution in [0, 0.1) is 11.7 Å². The molecule has 2 amide bonds. The van der Waals surface area contributed by atoms with E-state index in [9.17, 15) is 23.9 Å². The number of hydrogen-bond acceptors (Lipinski definition) is 6. The van der Waals surface area contributed by atoms with Crippen molar-refractivity contribution in [2.75, 3.05) is 21.1 Å². The molecule has 10 nitrogen and oxygen atoms in total. The SMILES string of the molecule is CN(C)C(=O)C(=O)N(C)C12CCC(Cn3c1nc(-c1ncc(Cc4ccc(F)cc4)[nH]1)c(O)c3=O)C2. The summed E-state index contributed by atoms with van der Waals surface area (Å²) in [5.74, 6) is -1.53. The number of aromatic hydroxyl groups is 1. The minimum atomic E-state index is -0.948. The molecule has 5 rings (SSSR count). The van der Waals surface area contributed by atoms with Gasteiger partial charge >= 0.3 is 11.8 Å². The summed E-state index contributed by atoms with van der Waals surface area (Å²) in [7, 11) is 4.59. The van der Waals surface area contributed by atoms with Crippen LogP contribution in [0.5, 0.6) is 5.75 Å². The van der Waals surface area contributed by atoms with Crippen molar-refractivity contribution in [3.63, 3.8) is 0 Å². The van der Waals surface area contributed by atoms with Gasteiger partial charge in [-0.05, 0) is 42.9 Å². The number of nitrogens with zero attached hydrogens (tertiary/aromatic N) is 5. The number of halogens is 1. The summed E-state index contributed by atoms with van der Waals surface area (Å²) >= 11 is 0. The van der Waals surface area contributed by atoms with Crippen molar-refractivity contribution in [1.29, 1.82) is 0 Å². The van der Waals surface area contributed by atoms with Crippen molar-refractivity contribution < 1.29 is 19.1 Å². The van der Waals surface area contributed by atoms with Gasteiger partial charge < -0.3 is 19.9 Å². The molecule has 1 aliphatic carbocycles. The second-order valence-electron chi connectivity index (χ2n) is 9.81. The minimum Gasteiger partial charge on any atom is -0.501 e. The van der Waals surface area contributed by atoms with Gasteiger partial charge in [-0.15, -0.1) is 0 Å². The summed E-state index contributed by atoms with van der Waals surface area (Å²) in [6.45, 7) is 0.383. The van der Waals surface area contributed by atoms with Crippen LogP contribution in [0.15, 0.2) is 35.3 Å². The van der Waals surface area contributed by atoms with E-state index in [4.69, 9.17) is 0 Å². The summed E-state index contributed by atoms with van der Waals surface area (Å²) in [5.41, 5.74) is -0.0222. The highest BCUT2D eigenvalue weighted by atomic mass is 19.1. The quantitative estimate of drug-likeness (QED) is 0.531. The summed E-state index contributed by atoms with van der Waals surface area (Å²) in [6.07, 6.45) is 3.89. The molecular formula is C25H27FN6O4. The maximum Gasteiger partial charge on any atom is 0.312 e. The van der Waals surface area contributed by atoms with Crippen molar-refractivity contribution in [2.24, 2.45) is 5.92 Å². The van der Waals surface area contributed by atoms with Gasteiger partial charge in [-0.1, -0.05) is 12.1 Å². The second kappa shape index (κ2) is 8.58. The van der Waals surface area contributed by atoms with E-state index in [-0.39, 0.29) is 23.3 Å². The number of nitrogens with one attached hydrogen (secondary N) is 1. The standard InChI is InChI=1S/C25H27FN6O4/c1-30(2)22(35)23(36)31(3)25-9-8-15(11-25)13-32-21(34)19(33)18(29-24(25)32)20-27-12-17(28-20)10-14-4-6-16(26)7-5-14/h4-7,12,15,33H,8-11,13H2,1-3H3,(H,27,28). The van der Waals surface area contributed by atoms with Gasteiger partial charge in [0.2, 0.25) is 5.75 Å². The molecular weight excluding hydrogens is 467 g/mol. The first-order valence-corrected chi connectivity index (χ1v) is 11.7. The smallest absolute Gasteiger partial charge is 0.312 e. The predicted molar refractivity (Wildman–Crippen MR) is 127 cm³/mol. The van der Waals surface area contributed by atoms with Gasteiger partial charge in [-0.25, -0.2) is 14.4 Å². The van der Waals surface area contributed by atoms with Crippen LogP contribution in [-0.4, -0.2) is 67.4 Å². The zero-order valence-electron chi connectivity index (χ0n) is 20.3. The molecule has 2 unspecified atom stereocenters. The van der Waals surface area contributed by atoms with Crippen LogP contribution in [0.1, 0.15) is 36.3 Å². The average Bonchev–Trinajstić information content (AvgIpc) is 3.47. The molecule has 1 saturated carbocycles. The lowest BCUT2D eigenvalue weighted by Crippen LogP contribution is -2.54. The lowest BCUT2D eigenvalue weighted by atomic mass is 9.89. The van der Waals surface area contributed by atoms with Gasteiger partial charge in [-0.2, -0.15) is 0 Å². The van der Waals surface area contributed by atoms with E-state index in [1.165, 1.54) is 40.6 Å². The Kier molecular flexibility index (Phi) is 5.65. The Balaban J connectivity index is 1.56. The van der Waals surface area contributed by atoms with Gasteiger partial charge in [0.25, 0.3) is 5.56 Å². The summed E-state index contributed by atoms with van der Waals surface area (Å²) < 4.78 is 14.6. The van der Waals surface area contributed by atoms with Gasteiger partial charge in [0, 0.05) is 46.0 Å². The highest BCUT2D eigenvalue weighted by molar-refractivity contribution is 6.34. The Hall–Kier alpha value is -4.02. The molecule has 1 fully saturated rings. The Morgan fingerprint density at radius 1 is 1.22 bits per heavy atom. The Bertz CT molecular complexity index is 1410. The van der Waals surface area contributed by atoms with E-state index in [0.29, 0.717) is 37.3 Å². The number of aromatic amines is 1. The molecule has 2 aromatic heterocycles. The minimum absolute atomic E-state index is 0.0129. The number of benzene rings is 1. The third kappa shape index (κ3) is 3.75. The van der Waals surface area contributed by atoms with Gasteiger partial charge in [0.05, 0.1) is 0 Å². The maximum absolute atomic E-state index is 13.3. The lowest BCUT2D eigenvalue weighted by Gasteiger charge is -2.42. The molecule has 1 aliphatic heterocycles. The Morgan fingerprint density at radius 3 is 2.64 bits per heavy atom. The number of hydrogen-bond donors (Lipinski definition) is 2. The Labute approximate surface area is 206 Å². The molecule has 2 atom stereocenters. The van der Waals surface area contributed by atoms with Crippen molar-refractivity contribution in [3.05, 3.63) is 63.7 Å². The van der Waals surface area contributed by atoms with Crippen LogP contribution in [0.3, 0.4) is 0 Å². The highest BCUT2D eigenvalue weighted by Crippen LogP contribution is 2.49. The van der Waals surface area contributed by atoms with Crippen molar-refractivity contribution in [1.82, 2.24) is 29.3 Å². The molecule has 0 saturated heterocycles. The Morgan fingerprint density at radius 2 is 1.94 bits per heavy atom. The van der Waals surface area contributed by atoms with E-state index in [1.807, 2.05) is 0 Å². The van der Waals surface area contributed by atoms with Crippen LogP contribution < -0.4 is 5.56 Å². The molecule has 2 aliphatic rings. The third-order valence-electron chi connectivity index (χ3n) is 7.29. The molecule has 188 valence electrons. The first-order chi connectivity index (χ1) is 17.1. The highest BCUT2D eigenvalue weighted by Gasteiger charge is 2.53. The number of H-pyrrole nitrogens is 1.